The summed E-state index contributed by atoms with van der Waals surface area (Å²) in [5, 5.41) is 3.12. The number of hydrogen-bond acceptors (Lipinski definition) is 3. The molecule has 0 aromatic heterocycles. The summed E-state index contributed by atoms with van der Waals surface area (Å²) in [6.45, 7) is 9.34. The molecule has 0 bridgehead atoms. The minimum absolute atomic E-state index is 0.0465. The molecule has 4 nitrogen and oxygen atoms in total. The van der Waals surface area contributed by atoms with E-state index in [-0.39, 0.29) is 17.4 Å². The fourth-order valence-corrected chi connectivity index (χ4v) is 4.73. The Morgan fingerprint density at radius 1 is 0.909 bits per heavy atom. The predicted octanol–water partition coefficient (Wildman–Crippen LogP) is 6.55. The first-order valence-electron chi connectivity index (χ1n) is 11.6. The van der Waals surface area contributed by atoms with E-state index in [1.807, 2.05) is 84.9 Å². The summed E-state index contributed by atoms with van der Waals surface area (Å²) in [5.41, 5.74) is 3.50. The van der Waals surface area contributed by atoms with Crippen molar-refractivity contribution in [3.8, 4) is 0 Å². The van der Waals surface area contributed by atoms with E-state index in [9.17, 15) is 4.79 Å². The first-order valence-corrected chi connectivity index (χ1v) is 11.6. The van der Waals surface area contributed by atoms with Gasteiger partial charge >= 0.3 is 0 Å². The van der Waals surface area contributed by atoms with E-state index in [1.54, 1.807) is 0 Å². The van der Waals surface area contributed by atoms with Crippen molar-refractivity contribution in [1.29, 1.82) is 0 Å². The van der Waals surface area contributed by atoms with Crippen LogP contribution in [0.4, 0.5) is 5.69 Å². The monoisotopic (exact) mass is 443 g/mol. The molecule has 1 amide bonds. The quantitative estimate of drug-likeness (QED) is 0.470. The Labute approximate surface area is 196 Å². The fraction of sp³-hybridized carbons (Fsp3) is 0.345. The Morgan fingerprint density at radius 2 is 1.52 bits per heavy atom. The number of carbonyl (C=O) groups excluding carboxylic acids is 1. The van der Waals surface area contributed by atoms with Crippen LogP contribution in [0.5, 0.6) is 0 Å². The highest BCUT2D eigenvalue weighted by Crippen LogP contribution is 2.40. The van der Waals surface area contributed by atoms with E-state index in [4.69, 9.17) is 9.47 Å². The van der Waals surface area contributed by atoms with Gasteiger partial charge in [0.05, 0.1) is 18.6 Å². The maximum atomic E-state index is 13.5. The molecule has 33 heavy (non-hydrogen) atoms. The molecule has 1 saturated heterocycles. The van der Waals surface area contributed by atoms with Gasteiger partial charge in [0.25, 0.3) is 0 Å². The lowest BCUT2D eigenvalue weighted by molar-refractivity contribution is -0.274. The molecule has 4 heteroatoms. The molecule has 172 valence electrons. The van der Waals surface area contributed by atoms with Gasteiger partial charge in [-0.25, -0.2) is 0 Å². The number of hydrogen-bond donors (Lipinski definition) is 1. The number of nitrogens with one attached hydrogen (secondary N) is 1. The molecule has 0 saturated carbocycles. The predicted molar refractivity (Wildman–Crippen MR) is 132 cm³/mol. The van der Waals surface area contributed by atoms with Gasteiger partial charge in [0.1, 0.15) is 0 Å². The van der Waals surface area contributed by atoms with E-state index in [0.29, 0.717) is 12.5 Å². The van der Waals surface area contributed by atoms with Crippen LogP contribution < -0.4 is 5.32 Å². The Kier molecular flexibility index (Phi) is 6.96. The summed E-state index contributed by atoms with van der Waals surface area (Å²) in [6.07, 6.45) is -0.351. The van der Waals surface area contributed by atoms with Crippen LogP contribution in [-0.4, -0.2) is 18.6 Å². The van der Waals surface area contributed by atoms with Crippen LogP contribution in [0.15, 0.2) is 84.9 Å². The van der Waals surface area contributed by atoms with Crippen LogP contribution in [0.3, 0.4) is 0 Å². The smallest absolute Gasteiger partial charge is 0.236 e. The second-order valence-corrected chi connectivity index (χ2v) is 9.80. The van der Waals surface area contributed by atoms with Crippen molar-refractivity contribution in [1.82, 2.24) is 0 Å². The topological polar surface area (TPSA) is 47.6 Å². The van der Waals surface area contributed by atoms with Crippen LogP contribution >= 0.6 is 0 Å². The maximum Gasteiger partial charge on any atom is 0.236 e. The lowest BCUT2D eigenvalue weighted by Gasteiger charge is -2.44. The number of benzene rings is 3. The van der Waals surface area contributed by atoms with Crippen molar-refractivity contribution in [3.05, 3.63) is 102 Å². The lowest BCUT2D eigenvalue weighted by atomic mass is 9.80. The van der Waals surface area contributed by atoms with Crippen LogP contribution in [0.1, 0.15) is 56.6 Å². The van der Waals surface area contributed by atoms with Crippen LogP contribution in [0.25, 0.3) is 0 Å². The molecular weight excluding hydrogens is 410 g/mol. The minimum Gasteiger partial charge on any atom is -0.348 e. The second-order valence-electron chi connectivity index (χ2n) is 9.80. The molecule has 4 rings (SSSR count). The third-order valence-electron chi connectivity index (χ3n) is 6.21. The first-order chi connectivity index (χ1) is 15.8. The van der Waals surface area contributed by atoms with Gasteiger partial charge in [-0.1, -0.05) is 100 Å². The van der Waals surface area contributed by atoms with Crippen LogP contribution in [-0.2, 0) is 14.3 Å². The maximum absolute atomic E-state index is 13.5. The zero-order valence-corrected chi connectivity index (χ0v) is 19.8. The number of anilines is 1. The summed E-state index contributed by atoms with van der Waals surface area (Å²) >= 11 is 0. The van der Waals surface area contributed by atoms with E-state index in [0.717, 1.165) is 22.4 Å². The number of rotatable bonds is 6. The fourth-order valence-electron chi connectivity index (χ4n) is 4.73. The summed E-state index contributed by atoms with van der Waals surface area (Å²) in [5.74, 6) is -0.0904. The van der Waals surface area contributed by atoms with E-state index in [1.165, 1.54) is 0 Å². The summed E-state index contributed by atoms with van der Waals surface area (Å²) in [7, 11) is 0. The molecule has 0 unspecified atom stereocenters. The molecule has 1 N–H and O–H groups in total. The molecule has 3 aromatic carbocycles. The number of carbonyl (C=O) groups is 1. The molecule has 1 aliphatic rings. The average Bonchev–Trinajstić information content (AvgIpc) is 2.80. The molecule has 2 atom stereocenters. The minimum atomic E-state index is -0.443. The van der Waals surface area contributed by atoms with E-state index in [2.05, 4.69) is 33.0 Å². The Balaban J connectivity index is 1.56. The standard InChI is InChI=1S/C29H33NO3/c1-20(2)26-29(3,4)19-32-28(33-26)23-16-11-17-24(18-23)30-27(31)25(21-12-7-5-8-13-21)22-14-9-6-10-15-22/h5-18,20,25-26,28H,19H2,1-4H3,(H,30,31)/t26-,28-/m1/s1. The largest absolute Gasteiger partial charge is 0.348 e. The van der Waals surface area contributed by atoms with Gasteiger partial charge in [0.15, 0.2) is 6.29 Å². The summed E-state index contributed by atoms with van der Waals surface area (Å²) in [6, 6.07) is 27.5. The number of amides is 1. The lowest BCUT2D eigenvalue weighted by Crippen LogP contribution is -2.45. The van der Waals surface area contributed by atoms with Crippen molar-refractivity contribution < 1.29 is 14.3 Å². The average molecular weight is 444 g/mol. The Bertz CT molecular complexity index is 1020. The SMILES string of the molecule is CC(C)[C@H]1O[C@H](c2cccc(NC(=O)C(c3ccccc3)c3ccccc3)c2)OCC1(C)C. The van der Waals surface area contributed by atoms with Gasteiger partial charge in [-0.15, -0.1) is 0 Å². The van der Waals surface area contributed by atoms with Crippen molar-refractivity contribution >= 4 is 11.6 Å². The molecule has 1 heterocycles. The van der Waals surface area contributed by atoms with Gasteiger partial charge in [-0.2, -0.15) is 0 Å². The zero-order chi connectivity index (χ0) is 23.4. The third kappa shape index (κ3) is 5.35. The molecule has 3 aromatic rings. The molecule has 0 spiro atoms. The van der Waals surface area contributed by atoms with Gasteiger partial charge in [0.2, 0.25) is 5.91 Å². The third-order valence-corrected chi connectivity index (χ3v) is 6.21. The highest BCUT2D eigenvalue weighted by molar-refractivity contribution is 5.98. The Hall–Kier alpha value is -2.95. The van der Waals surface area contributed by atoms with Crippen molar-refractivity contribution in [2.75, 3.05) is 11.9 Å². The second kappa shape index (κ2) is 9.90. The van der Waals surface area contributed by atoms with Gasteiger partial charge in [-0.3, -0.25) is 4.79 Å². The molecular formula is C29H33NO3. The summed E-state index contributed by atoms with van der Waals surface area (Å²) in [4.78, 5) is 13.5. The van der Waals surface area contributed by atoms with Gasteiger partial charge in [0, 0.05) is 16.7 Å². The first kappa shape index (κ1) is 23.2. The van der Waals surface area contributed by atoms with Crippen LogP contribution in [0, 0.1) is 11.3 Å². The molecule has 1 aliphatic heterocycles. The van der Waals surface area contributed by atoms with Crippen molar-refractivity contribution in [3.63, 3.8) is 0 Å². The van der Waals surface area contributed by atoms with E-state index >= 15 is 0 Å². The van der Waals surface area contributed by atoms with Crippen molar-refractivity contribution in [2.45, 2.75) is 46.0 Å². The van der Waals surface area contributed by atoms with Gasteiger partial charge < -0.3 is 14.8 Å². The molecule has 0 aliphatic carbocycles. The van der Waals surface area contributed by atoms with Crippen molar-refractivity contribution in [2.24, 2.45) is 11.3 Å². The Morgan fingerprint density at radius 3 is 2.09 bits per heavy atom. The summed E-state index contributed by atoms with van der Waals surface area (Å²) < 4.78 is 12.4. The highest BCUT2D eigenvalue weighted by atomic mass is 16.7. The zero-order valence-electron chi connectivity index (χ0n) is 19.8. The highest BCUT2D eigenvalue weighted by Gasteiger charge is 2.40. The van der Waals surface area contributed by atoms with E-state index < -0.39 is 12.2 Å². The molecule has 1 fully saturated rings. The normalized spacial score (nSPS) is 20.1. The number of ether oxygens (including phenoxy) is 2. The molecule has 0 radical (unpaired) electrons. The van der Waals surface area contributed by atoms with Crippen LogP contribution in [0.2, 0.25) is 0 Å². The van der Waals surface area contributed by atoms with Gasteiger partial charge in [-0.05, 0) is 29.2 Å².